The molecule has 100 valence electrons. The number of Topliss-reactive ketones (excluding diaryl/α,β-unsaturated/α-hetero) is 1. The standard InChI is InChI=1S/C14H26O3/c1-3-16-14(17-4-2)10-6-8-12-7-5-9-13(15)11-12/h12,14H,3-11H2,1-2H3/t12-/m1/s1. The molecule has 0 saturated heterocycles. The predicted molar refractivity (Wildman–Crippen MR) is 67.9 cm³/mol. The van der Waals surface area contributed by atoms with Gasteiger partial charge >= 0.3 is 0 Å². The highest BCUT2D eigenvalue weighted by molar-refractivity contribution is 5.79. The van der Waals surface area contributed by atoms with Crippen molar-refractivity contribution in [2.45, 2.75) is 65.1 Å². The number of carbonyl (C=O) groups excluding carboxylic acids is 1. The number of hydrogen-bond donors (Lipinski definition) is 0. The van der Waals surface area contributed by atoms with Gasteiger partial charge in [0.1, 0.15) is 5.78 Å². The molecule has 0 aromatic heterocycles. The maximum atomic E-state index is 11.3. The van der Waals surface area contributed by atoms with Gasteiger partial charge in [0.15, 0.2) is 6.29 Å². The minimum absolute atomic E-state index is 0.0516. The van der Waals surface area contributed by atoms with E-state index in [9.17, 15) is 4.79 Å². The number of hydrogen-bond acceptors (Lipinski definition) is 3. The molecule has 3 nitrogen and oxygen atoms in total. The van der Waals surface area contributed by atoms with E-state index in [0.29, 0.717) is 24.9 Å². The van der Waals surface area contributed by atoms with E-state index < -0.39 is 0 Å². The summed E-state index contributed by atoms with van der Waals surface area (Å²) in [6.45, 7) is 5.39. The molecule has 0 aliphatic heterocycles. The van der Waals surface area contributed by atoms with E-state index in [2.05, 4.69) is 0 Å². The summed E-state index contributed by atoms with van der Waals surface area (Å²) < 4.78 is 11.0. The van der Waals surface area contributed by atoms with Crippen LogP contribution in [0.3, 0.4) is 0 Å². The van der Waals surface area contributed by atoms with Crippen LogP contribution in [0.25, 0.3) is 0 Å². The Morgan fingerprint density at radius 2 is 2.00 bits per heavy atom. The molecule has 1 rings (SSSR count). The van der Waals surface area contributed by atoms with Crippen LogP contribution in [-0.4, -0.2) is 25.3 Å². The molecule has 0 aromatic carbocycles. The molecule has 3 heteroatoms. The summed E-state index contributed by atoms with van der Waals surface area (Å²) in [7, 11) is 0. The molecule has 1 fully saturated rings. The Kier molecular flexibility index (Phi) is 7.45. The molecule has 17 heavy (non-hydrogen) atoms. The lowest BCUT2D eigenvalue weighted by atomic mass is 9.85. The quantitative estimate of drug-likeness (QED) is 0.612. The summed E-state index contributed by atoms with van der Waals surface area (Å²) in [5.41, 5.74) is 0. The van der Waals surface area contributed by atoms with Crippen molar-refractivity contribution >= 4 is 5.78 Å². The van der Waals surface area contributed by atoms with E-state index in [1.807, 2.05) is 13.8 Å². The molecule has 1 atom stereocenters. The van der Waals surface area contributed by atoms with Gasteiger partial charge in [0.2, 0.25) is 0 Å². The summed E-state index contributed by atoms with van der Waals surface area (Å²) in [5.74, 6) is 1.06. The summed E-state index contributed by atoms with van der Waals surface area (Å²) >= 11 is 0. The monoisotopic (exact) mass is 242 g/mol. The second kappa shape index (κ2) is 8.65. The summed E-state index contributed by atoms with van der Waals surface area (Å²) in [6, 6.07) is 0. The van der Waals surface area contributed by atoms with E-state index in [-0.39, 0.29) is 6.29 Å². The van der Waals surface area contributed by atoms with Crippen molar-refractivity contribution in [1.82, 2.24) is 0 Å². The van der Waals surface area contributed by atoms with Gasteiger partial charge in [-0.3, -0.25) is 4.79 Å². The fourth-order valence-corrected chi connectivity index (χ4v) is 2.52. The first-order valence-electron chi connectivity index (χ1n) is 7.01. The molecule has 0 unspecified atom stereocenters. The highest BCUT2D eigenvalue weighted by atomic mass is 16.7. The van der Waals surface area contributed by atoms with Gasteiger partial charge in [0.05, 0.1) is 0 Å². The number of rotatable bonds is 8. The number of ketones is 1. The lowest BCUT2D eigenvalue weighted by Crippen LogP contribution is -2.19. The minimum Gasteiger partial charge on any atom is -0.353 e. The molecule has 0 heterocycles. The Bertz CT molecular complexity index is 210. The average molecular weight is 242 g/mol. The van der Waals surface area contributed by atoms with Crippen molar-refractivity contribution in [3.63, 3.8) is 0 Å². The topological polar surface area (TPSA) is 35.5 Å². The SMILES string of the molecule is CCOC(CCC[C@H]1CCCC(=O)C1)OCC. The van der Waals surface area contributed by atoms with Crippen molar-refractivity contribution in [3.05, 3.63) is 0 Å². The lowest BCUT2D eigenvalue weighted by molar-refractivity contribution is -0.140. The second-order valence-electron chi connectivity index (χ2n) is 4.77. The fraction of sp³-hybridized carbons (Fsp3) is 0.929. The Labute approximate surface area is 105 Å². The molecule has 0 spiro atoms. The lowest BCUT2D eigenvalue weighted by Gasteiger charge is -2.22. The van der Waals surface area contributed by atoms with Gasteiger partial charge in [-0.25, -0.2) is 0 Å². The normalized spacial score (nSPS) is 21.1. The van der Waals surface area contributed by atoms with E-state index in [1.54, 1.807) is 0 Å². The smallest absolute Gasteiger partial charge is 0.157 e. The Morgan fingerprint density at radius 1 is 1.29 bits per heavy atom. The van der Waals surface area contributed by atoms with Crippen LogP contribution in [0.5, 0.6) is 0 Å². The van der Waals surface area contributed by atoms with E-state index in [0.717, 1.165) is 38.5 Å². The van der Waals surface area contributed by atoms with Crippen LogP contribution in [0.15, 0.2) is 0 Å². The zero-order valence-corrected chi connectivity index (χ0v) is 11.2. The Morgan fingerprint density at radius 3 is 2.59 bits per heavy atom. The summed E-state index contributed by atoms with van der Waals surface area (Å²) in [6.07, 6.45) is 7.05. The molecule has 0 amide bonds. The first-order chi connectivity index (χ1) is 8.26. The predicted octanol–water partition coefficient (Wildman–Crippen LogP) is 3.32. The van der Waals surface area contributed by atoms with Crippen LogP contribution >= 0.6 is 0 Å². The van der Waals surface area contributed by atoms with Gasteiger partial charge in [-0.05, 0) is 51.9 Å². The zero-order valence-electron chi connectivity index (χ0n) is 11.2. The Hall–Kier alpha value is -0.410. The first kappa shape index (κ1) is 14.7. The molecule has 0 radical (unpaired) electrons. The van der Waals surface area contributed by atoms with Gasteiger partial charge in [-0.2, -0.15) is 0 Å². The molecule has 1 aliphatic rings. The van der Waals surface area contributed by atoms with Crippen LogP contribution in [0.4, 0.5) is 0 Å². The van der Waals surface area contributed by atoms with Crippen LogP contribution < -0.4 is 0 Å². The van der Waals surface area contributed by atoms with Crippen molar-refractivity contribution in [3.8, 4) is 0 Å². The van der Waals surface area contributed by atoms with Crippen molar-refractivity contribution in [2.24, 2.45) is 5.92 Å². The third kappa shape index (κ3) is 6.18. The second-order valence-corrected chi connectivity index (χ2v) is 4.77. The summed E-state index contributed by atoms with van der Waals surface area (Å²) in [4.78, 5) is 11.3. The molecule has 1 saturated carbocycles. The third-order valence-corrected chi connectivity index (χ3v) is 3.34. The average Bonchev–Trinajstić information content (AvgIpc) is 2.30. The van der Waals surface area contributed by atoms with Crippen LogP contribution in [0, 0.1) is 5.92 Å². The first-order valence-corrected chi connectivity index (χ1v) is 7.01. The fourth-order valence-electron chi connectivity index (χ4n) is 2.52. The van der Waals surface area contributed by atoms with Gasteiger partial charge < -0.3 is 9.47 Å². The van der Waals surface area contributed by atoms with Gasteiger partial charge in [-0.1, -0.05) is 0 Å². The van der Waals surface area contributed by atoms with Crippen molar-refractivity contribution in [1.29, 1.82) is 0 Å². The molecule has 1 aliphatic carbocycles. The highest BCUT2D eigenvalue weighted by Gasteiger charge is 2.19. The van der Waals surface area contributed by atoms with E-state index in [1.165, 1.54) is 6.42 Å². The molecular weight excluding hydrogens is 216 g/mol. The number of ether oxygens (including phenoxy) is 2. The van der Waals surface area contributed by atoms with Crippen LogP contribution in [0.2, 0.25) is 0 Å². The zero-order chi connectivity index (χ0) is 12.5. The minimum atomic E-state index is -0.0516. The summed E-state index contributed by atoms with van der Waals surface area (Å²) in [5, 5.41) is 0. The number of carbonyl (C=O) groups is 1. The molecule has 0 aromatic rings. The van der Waals surface area contributed by atoms with Crippen molar-refractivity contribution in [2.75, 3.05) is 13.2 Å². The van der Waals surface area contributed by atoms with E-state index in [4.69, 9.17) is 9.47 Å². The van der Waals surface area contributed by atoms with Crippen LogP contribution in [0.1, 0.15) is 58.8 Å². The van der Waals surface area contributed by atoms with Gasteiger partial charge in [0, 0.05) is 26.1 Å². The van der Waals surface area contributed by atoms with E-state index >= 15 is 0 Å². The molecule has 0 bridgehead atoms. The van der Waals surface area contributed by atoms with Crippen molar-refractivity contribution < 1.29 is 14.3 Å². The van der Waals surface area contributed by atoms with Gasteiger partial charge in [0.25, 0.3) is 0 Å². The Balaban J connectivity index is 2.13. The van der Waals surface area contributed by atoms with Crippen LogP contribution in [-0.2, 0) is 14.3 Å². The maximum Gasteiger partial charge on any atom is 0.157 e. The molecule has 0 N–H and O–H groups in total. The third-order valence-electron chi connectivity index (χ3n) is 3.34. The van der Waals surface area contributed by atoms with Gasteiger partial charge in [-0.15, -0.1) is 0 Å². The largest absolute Gasteiger partial charge is 0.353 e. The maximum absolute atomic E-state index is 11.3. The highest BCUT2D eigenvalue weighted by Crippen LogP contribution is 2.26. The molecular formula is C14H26O3.